The quantitative estimate of drug-likeness (QED) is 0.505. The summed E-state index contributed by atoms with van der Waals surface area (Å²) >= 11 is 0. The van der Waals surface area contributed by atoms with E-state index in [1.165, 1.54) is 12.1 Å². The fourth-order valence-electron chi connectivity index (χ4n) is 2.59. The minimum atomic E-state index is -0.605. The van der Waals surface area contributed by atoms with E-state index in [9.17, 15) is 14.9 Å². The van der Waals surface area contributed by atoms with E-state index in [2.05, 4.69) is 4.98 Å². The van der Waals surface area contributed by atoms with Crippen molar-refractivity contribution in [1.29, 1.82) is 0 Å². The second kappa shape index (κ2) is 7.12. The van der Waals surface area contributed by atoms with Crippen LogP contribution < -0.4 is 10.4 Å². The van der Waals surface area contributed by atoms with Gasteiger partial charge in [0.1, 0.15) is 0 Å². The Bertz CT molecular complexity index is 966. The van der Waals surface area contributed by atoms with Crippen LogP contribution in [0.5, 0.6) is 6.08 Å². The highest BCUT2D eigenvalue weighted by molar-refractivity contribution is 5.83. The zero-order chi connectivity index (χ0) is 17.8. The van der Waals surface area contributed by atoms with Crippen LogP contribution in [-0.2, 0) is 12.8 Å². The van der Waals surface area contributed by atoms with E-state index in [1.54, 1.807) is 0 Å². The SMILES string of the molecule is CCc1cc([N+](=O)[O-])cc2nc(OCCc3ccccc3)oc(=O)c12. The third-order valence-electron chi connectivity index (χ3n) is 3.83. The lowest BCUT2D eigenvalue weighted by atomic mass is 10.1. The van der Waals surface area contributed by atoms with Gasteiger partial charge in [-0.3, -0.25) is 10.1 Å². The van der Waals surface area contributed by atoms with Gasteiger partial charge in [-0.1, -0.05) is 37.3 Å². The van der Waals surface area contributed by atoms with E-state index in [-0.39, 0.29) is 29.3 Å². The number of hydrogen-bond donors (Lipinski definition) is 0. The highest BCUT2D eigenvalue weighted by Crippen LogP contribution is 2.24. The van der Waals surface area contributed by atoms with Gasteiger partial charge in [0.25, 0.3) is 5.69 Å². The second-order valence-corrected chi connectivity index (χ2v) is 5.46. The van der Waals surface area contributed by atoms with E-state index in [0.717, 1.165) is 5.56 Å². The summed E-state index contributed by atoms with van der Waals surface area (Å²) in [5, 5.41) is 11.3. The van der Waals surface area contributed by atoms with Gasteiger partial charge in [-0.15, -0.1) is 0 Å². The van der Waals surface area contributed by atoms with Crippen molar-refractivity contribution in [3.8, 4) is 6.08 Å². The molecule has 7 heteroatoms. The van der Waals surface area contributed by atoms with E-state index < -0.39 is 10.5 Å². The Morgan fingerprint density at radius 2 is 2.00 bits per heavy atom. The maximum Gasteiger partial charge on any atom is 0.397 e. The van der Waals surface area contributed by atoms with Crippen molar-refractivity contribution in [1.82, 2.24) is 4.98 Å². The molecular weight excluding hydrogens is 324 g/mol. The van der Waals surface area contributed by atoms with Crippen molar-refractivity contribution in [3.05, 3.63) is 74.1 Å². The summed E-state index contributed by atoms with van der Waals surface area (Å²) < 4.78 is 10.5. The highest BCUT2D eigenvalue weighted by atomic mass is 16.6. The Kier molecular flexibility index (Phi) is 4.74. The van der Waals surface area contributed by atoms with Crippen molar-refractivity contribution >= 4 is 16.6 Å². The second-order valence-electron chi connectivity index (χ2n) is 5.46. The molecule has 25 heavy (non-hydrogen) atoms. The zero-order valence-corrected chi connectivity index (χ0v) is 13.6. The number of nitrogens with zero attached hydrogens (tertiary/aromatic N) is 2. The lowest BCUT2D eigenvalue weighted by molar-refractivity contribution is -0.384. The first-order chi connectivity index (χ1) is 12.1. The van der Waals surface area contributed by atoms with Crippen molar-refractivity contribution < 1.29 is 14.1 Å². The Morgan fingerprint density at radius 3 is 2.68 bits per heavy atom. The Balaban J connectivity index is 1.89. The van der Waals surface area contributed by atoms with Crippen LogP contribution in [0.4, 0.5) is 5.69 Å². The molecule has 0 saturated heterocycles. The predicted molar refractivity (Wildman–Crippen MR) is 92.0 cm³/mol. The van der Waals surface area contributed by atoms with Crippen LogP contribution in [0.15, 0.2) is 51.7 Å². The number of ether oxygens (including phenoxy) is 1. The molecule has 1 aromatic heterocycles. The van der Waals surface area contributed by atoms with Crippen molar-refractivity contribution in [2.45, 2.75) is 19.8 Å². The minimum Gasteiger partial charge on any atom is -0.450 e. The van der Waals surface area contributed by atoms with Crippen molar-refractivity contribution in [3.63, 3.8) is 0 Å². The molecule has 3 rings (SSSR count). The first-order valence-corrected chi connectivity index (χ1v) is 7.87. The molecule has 0 aliphatic carbocycles. The maximum atomic E-state index is 12.2. The standard InChI is InChI=1S/C18H16N2O5/c1-2-13-10-14(20(22)23)11-15-16(13)17(21)25-18(19-15)24-9-8-12-6-4-3-5-7-12/h3-7,10-11H,2,8-9H2,1H3. The summed E-state index contributed by atoms with van der Waals surface area (Å²) in [4.78, 5) is 26.9. The topological polar surface area (TPSA) is 95.5 Å². The lowest BCUT2D eigenvalue weighted by Gasteiger charge is -2.06. The van der Waals surface area contributed by atoms with Crippen LogP contribution in [0.1, 0.15) is 18.1 Å². The molecule has 0 radical (unpaired) electrons. The largest absolute Gasteiger partial charge is 0.450 e. The van der Waals surface area contributed by atoms with E-state index in [0.29, 0.717) is 18.4 Å². The molecule has 0 spiro atoms. The van der Waals surface area contributed by atoms with Crippen LogP contribution in [-0.4, -0.2) is 16.5 Å². The van der Waals surface area contributed by atoms with Crippen LogP contribution in [0.3, 0.4) is 0 Å². The van der Waals surface area contributed by atoms with Crippen LogP contribution in [0.25, 0.3) is 10.9 Å². The number of aromatic nitrogens is 1. The predicted octanol–water partition coefficient (Wildman–Crippen LogP) is 3.28. The fourth-order valence-corrected chi connectivity index (χ4v) is 2.59. The van der Waals surface area contributed by atoms with Gasteiger partial charge in [0.2, 0.25) is 0 Å². The normalized spacial score (nSPS) is 10.8. The average molecular weight is 340 g/mol. The molecule has 128 valence electrons. The fraction of sp³-hybridized carbons (Fsp3) is 0.222. The number of nitro benzene ring substituents is 1. The Morgan fingerprint density at radius 1 is 1.24 bits per heavy atom. The molecule has 0 aliphatic rings. The van der Waals surface area contributed by atoms with E-state index >= 15 is 0 Å². The molecule has 0 saturated carbocycles. The molecule has 3 aromatic rings. The van der Waals surface area contributed by atoms with E-state index in [4.69, 9.17) is 9.15 Å². The molecule has 7 nitrogen and oxygen atoms in total. The molecular formula is C18H16N2O5. The highest BCUT2D eigenvalue weighted by Gasteiger charge is 2.17. The minimum absolute atomic E-state index is 0.113. The number of nitro groups is 1. The van der Waals surface area contributed by atoms with Gasteiger partial charge in [-0.05, 0) is 17.5 Å². The summed E-state index contributed by atoms with van der Waals surface area (Å²) in [6.07, 6.45) is 0.897. The summed E-state index contributed by atoms with van der Waals surface area (Å²) in [6.45, 7) is 2.09. The molecule has 1 heterocycles. The number of rotatable bonds is 6. The van der Waals surface area contributed by atoms with Crippen LogP contribution >= 0.6 is 0 Å². The van der Waals surface area contributed by atoms with Gasteiger partial charge in [0.05, 0.1) is 22.4 Å². The molecule has 0 bridgehead atoms. The number of fused-ring (bicyclic) bond motifs is 1. The first-order valence-electron chi connectivity index (χ1n) is 7.87. The smallest absolute Gasteiger partial charge is 0.397 e. The third kappa shape index (κ3) is 3.65. The molecule has 0 aliphatic heterocycles. The summed E-state index contributed by atoms with van der Waals surface area (Å²) in [5.41, 5.74) is 1.09. The molecule has 0 atom stereocenters. The van der Waals surface area contributed by atoms with Gasteiger partial charge in [0, 0.05) is 18.6 Å². The summed E-state index contributed by atoms with van der Waals surface area (Å²) in [7, 11) is 0. The number of benzene rings is 2. The van der Waals surface area contributed by atoms with E-state index in [1.807, 2.05) is 37.3 Å². The zero-order valence-electron chi connectivity index (χ0n) is 13.6. The van der Waals surface area contributed by atoms with Gasteiger partial charge in [-0.2, -0.15) is 4.98 Å². The molecule has 2 aromatic carbocycles. The van der Waals surface area contributed by atoms with Crippen LogP contribution in [0.2, 0.25) is 0 Å². The average Bonchev–Trinajstić information content (AvgIpc) is 2.61. The summed E-state index contributed by atoms with van der Waals surface area (Å²) in [5.74, 6) is 0. The Labute approximate surface area is 143 Å². The molecule has 0 amide bonds. The van der Waals surface area contributed by atoms with Gasteiger partial charge >= 0.3 is 11.7 Å². The van der Waals surface area contributed by atoms with Crippen LogP contribution in [0, 0.1) is 10.1 Å². The van der Waals surface area contributed by atoms with Gasteiger partial charge in [0.15, 0.2) is 0 Å². The van der Waals surface area contributed by atoms with Crippen molar-refractivity contribution in [2.75, 3.05) is 6.61 Å². The number of hydrogen-bond acceptors (Lipinski definition) is 6. The monoisotopic (exact) mass is 340 g/mol. The van der Waals surface area contributed by atoms with Gasteiger partial charge < -0.3 is 9.15 Å². The lowest BCUT2D eigenvalue weighted by Crippen LogP contribution is -2.09. The third-order valence-corrected chi connectivity index (χ3v) is 3.83. The molecule has 0 fully saturated rings. The maximum absolute atomic E-state index is 12.2. The number of non-ortho nitro benzene ring substituents is 1. The molecule has 0 unspecified atom stereocenters. The summed E-state index contributed by atoms with van der Waals surface area (Å²) in [6, 6.07) is 12.3. The number of aryl methyl sites for hydroxylation is 1. The van der Waals surface area contributed by atoms with Crippen molar-refractivity contribution in [2.24, 2.45) is 0 Å². The van der Waals surface area contributed by atoms with Gasteiger partial charge in [-0.25, -0.2) is 4.79 Å². The Hall–Kier alpha value is -3.22. The molecule has 0 N–H and O–H groups in total. The first kappa shape index (κ1) is 16.6.